The van der Waals surface area contributed by atoms with Crippen molar-refractivity contribution in [1.82, 2.24) is 5.48 Å². The first-order chi connectivity index (χ1) is 6.31. The molecule has 14 heavy (non-hydrogen) atoms. The third kappa shape index (κ3) is 8.78. The van der Waals surface area contributed by atoms with Crippen LogP contribution in [0.5, 0.6) is 0 Å². The first-order valence-corrected chi connectivity index (χ1v) is 3.50. The Morgan fingerprint density at radius 2 is 1.93 bits per heavy atom. The van der Waals surface area contributed by atoms with Crippen LogP contribution < -0.4 is 5.48 Å². The van der Waals surface area contributed by atoms with Crippen molar-refractivity contribution < 1.29 is 32.7 Å². The molecule has 0 heterocycles. The second-order valence-corrected chi connectivity index (χ2v) is 2.32. The van der Waals surface area contributed by atoms with Gasteiger partial charge in [0.25, 0.3) is 0 Å². The van der Waals surface area contributed by atoms with Gasteiger partial charge in [0.1, 0.15) is 0 Å². The molecule has 82 valence electrons. The van der Waals surface area contributed by atoms with Crippen LogP contribution >= 0.6 is 0 Å². The molecule has 0 spiro atoms. The van der Waals surface area contributed by atoms with Crippen molar-refractivity contribution >= 4 is 11.9 Å². The molecule has 0 atom stereocenters. The maximum Gasteiger partial charge on any atom is 0.389 e. The number of halogens is 3. The number of carboxylic acid groups (broad SMARTS) is 1. The molecule has 0 aromatic rings. The summed E-state index contributed by atoms with van der Waals surface area (Å²) in [5, 5.41) is 8.03. The minimum Gasteiger partial charge on any atom is -0.479 e. The second kappa shape index (κ2) is 5.43. The molecule has 0 aliphatic carbocycles. The molecule has 1 amide bonds. The zero-order valence-corrected chi connectivity index (χ0v) is 6.93. The second-order valence-electron chi connectivity index (χ2n) is 2.32. The van der Waals surface area contributed by atoms with E-state index in [1.165, 1.54) is 0 Å². The Bertz CT molecular complexity index is 216. The van der Waals surface area contributed by atoms with Gasteiger partial charge >= 0.3 is 12.1 Å². The normalized spacial score (nSPS) is 11.1. The molecule has 0 fully saturated rings. The average Bonchev–Trinajstić information content (AvgIpc) is 1.99. The number of carbonyl (C=O) groups excluding carboxylic acids is 1. The minimum atomic E-state index is -4.41. The highest BCUT2D eigenvalue weighted by atomic mass is 19.4. The highest BCUT2D eigenvalue weighted by molar-refractivity contribution is 5.75. The average molecular weight is 215 g/mol. The van der Waals surface area contributed by atoms with E-state index in [9.17, 15) is 22.8 Å². The van der Waals surface area contributed by atoms with Gasteiger partial charge in [0, 0.05) is 6.42 Å². The third-order valence-corrected chi connectivity index (χ3v) is 1.02. The zero-order valence-electron chi connectivity index (χ0n) is 6.93. The van der Waals surface area contributed by atoms with Gasteiger partial charge in [0.05, 0.1) is 6.42 Å². The molecule has 0 radical (unpaired) electrons. The van der Waals surface area contributed by atoms with Crippen molar-refractivity contribution in [3.63, 3.8) is 0 Å². The monoisotopic (exact) mass is 215 g/mol. The van der Waals surface area contributed by atoms with Crippen LogP contribution in [-0.2, 0) is 14.4 Å². The first-order valence-electron chi connectivity index (χ1n) is 3.50. The predicted octanol–water partition coefficient (Wildman–Crippen LogP) is 0.461. The van der Waals surface area contributed by atoms with E-state index in [1.54, 1.807) is 5.48 Å². The van der Waals surface area contributed by atoms with E-state index in [0.717, 1.165) is 0 Å². The summed E-state index contributed by atoms with van der Waals surface area (Å²) >= 11 is 0. The molecule has 0 unspecified atom stereocenters. The molecule has 0 aromatic carbocycles. The van der Waals surface area contributed by atoms with Gasteiger partial charge in [-0.05, 0) is 0 Å². The van der Waals surface area contributed by atoms with E-state index in [-0.39, 0.29) is 0 Å². The van der Waals surface area contributed by atoms with E-state index < -0.39 is 37.5 Å². The number of rotatable bonds is 5. The number of aliphatic carboxylic acids is 1. The Kier molecular flexibility index (Phi) is 4.92. The number of hydrogen-bond acceptors (Lipinski definition) is 3. The van der Waals surface area contributed by atoms with Crippen LogP contribution in [0.15, 0.2) is 0 Å². The van der Waals surface area contributed by atoms with E-state index in [4.69, 9.17) is 5.11 Å². The topological polar surface area (TPSA) is 75.6 Å². The summed E-state index contributed by atoms with van der Waals surface area (Å²) in [5.41, 5.74) is 1.57. The van der Waals surface area contributed by atoms with Gasteiger partial charge in [-0.1, -0.05) is 0 Å². The first kappa shape index (κ1) is 12.7. The van der Waals surface area contributed by atoms with Crippen LogP contribution in [-0.4, -0.2) is 29.8 Å². The zero-order chi connectivity index (χ0) is 11.2. The van der Waals surface area contributed by atoms with Crippen LogP contribution in [0.25, 0.3) is 0 Å². The fourth-order valence-electron chi connectivity index (χ4n) is 0.485. The molecule has 8 heteroatoms. The van der Waals surface area contributed by atoms with Crippen molar-refractivity contribution in [1.29, 1.82) is 0 Å². The highest BCUT2D eigenvalue weighted by Crippen LogP contribution is 2.20. The van der Waals surface area contributed by atoms with Gasteiger partial charge in [0.15, 0.2) is 6.61 Å². The van der Waals surface area contributed by atoms with Crippen LogP contribution in [0.2, 0.25) is 0 Å². The van der Waals surface area contributed by atoms with E-state index in [0.29, 0.717) is 0 Å². The van der Waals surface area contributed by atoms with Crippen LogP contribution in [0.1, 0.15) is 12.8 Å². The molecule has 0 aromatic heterocycles. The Balaban J connectivity index is 3.52. The van der Waals surface area contributed by atoms with Crippen LogP contribution in [0, 0.1) is 0 Å². The van der Waals surface area contributed by atoms with Gasteiger partial charge in [-0.15, -0.1) is 0 Å². The number of hydroxylamine groups is 1. The standard InChI is InChI=1S/C6H8F3NO4/c7-6(8,9)2-1-4(11)10-14-3-5(12)13/h1-3H2,(H,10,11)(H,12,13). The largest absolute Gasteiger partial charge is 0.479 e. The smallest absolute Gasteiger partial charge is 0.389 e. The van der Waals surface area contributed by atoms with Gasteiger partial charge < -0.3 is 5.11 Å². The summed E-state index contributed by atoms with van der Waals surface area (Å²) in [6, 6.07) is 0. The number of carboxylic acids is 1. The quantitative estimate of drug-likeness (QED) is 0.653. The number of nitrogens with one attached hydrogen (secondary N) is 1. The molecule has 0 bridgehead atoms. The van der Waals surface area contributed by atoms with Crippen molar-refractivity contribution in [2.24, 2.45) is 0 Å². The Labute approximate surface area is 76.8 Å². The molecule has 0 aliphatic heterocycles. The lowest BCUT2D eigenvalue weighted by Crippen LogP contribution is -2.27. The predicted molar refractivity (Wildman–Crippen MR) is 37.0 cm³/mol. The Morgan fingerprint density at radius 3 is 2.36 bits per heavy atom. The van der Waals surface area contributed by atoms with Gasteiger partial charge in [-0.3, -0.25) is 9.63 Å². The van der Waals surface area contributed by atoms with Crippen LogP contribution in [0.4, 0.5) is 13.2 Å². The molecular formula is C6H8F3NO4. The van der Waals surface area contributed by atoms with Gasteiger partial charge in [-0.2, -0.15) is 13.2 Å². The lowest BCUT2D eigenvalue weighted by Gasteiger charge is -2.06. The lowest BCUT2D eigenvalue weighted by atomic mass is 10.3. The number of carbonyl (C=O) groups is 2. The number of hydrogen-bond donors (Lipinski definition) is 2. The van der Waals surface area contributed by atoms with Crippen molar-refractivity contribution in [3.8, 4) is 0 Å². The third-order valence-electron chi connectivity index (χ3n) is 1.02. The van der Waals surface area contributed by atoms with Gasteiger partial charge in [-0.25, -0.2) is 10.3 Å². The Morgan fingerprint density at radius 1 is 1.36 bits per heavy atom. The summed E-state index contributed by atoms with van der Waals surface area (Å²) in [6.45, 7) is -0.794. The van der Waals surface area contributed by atoms with Crippen LogP contribution in [0.3, 0.4) is 0 Å². The van der Waals surface area contributed by atoms with Gasteiger partial charge in [0.2, 0.25) is 5.91 Å². The summed E-state index contributed by atoms with van der Waals surface area (Å²) in [6.07, 6.45) is -6.47. The SMILES string of the molecule is O=C(O)CONC(=O)CCC(F)(F)F. The molecule has 2 N–H and O–H groups in total. The number of amides is 1. The van der Waals surface area contributed by atoms with Crippen molar-refractivity contribution in [3.05, 3.63) is 0 Å². The maximum atomic E-state index is 11.6. The van der Waals surface area contributed by atoms with Crippen molar-refractivity contribution in [2.75, 3.05) is 6.61 Å². The molecule has 0 rings (SSSR count). The maximum absolute atomic E-state index is 11.6. The molecule has 0 saturated heterocycles. The summed E-state index contributed by atoms with van der Waals surface area (Å²) in [7, 11) is 0. The molecule has 0 aliphatic rings. The van der Waals surface area contributed by atoms with Crippen molar-refractivity contribution in [2.45, 2.75) is 19.0 Å². The highest BCUT2D eigenvalue weighted by Gasteiger charge is 2.27. The molecule has 0 saturated carbocycles. The fourth-order valence-corrected chi connectivity index (χ4v) is 0.485. The number of alkyl halides is 3. The van der Waals surface area contributed by atoms with E-state index in [1.807, 2.05) is 0 Å². The summed E-state index contributed by atoms with van der Waals surface area (Å²) in [4.78, 5) is 24.4. The Hall–Kier alpha value is -1.31. The lowest BCUT2D eigenvalue weighted by molar-refractivity contribution is -0.155. The minimum absolute atomic E-state index is 0.789. The molecule has 5 nitrogen and oxygen atoms in total. The summed E-state index contributed by atoms with van der Waals surface area (Å²) < 4.78 is 34.7. The van der Waals surface area contributed by atoms with E-state index >= 15 is 0 Å². The molecular weight excluding hydrogens is 207 g/mol. The van der Waals surface area contributed by atoms with E-state index in [2.05, 4.69) is 4.84 Å². The summed E-state index contributed by atoms with van der Waals surface area (Å²) in [5.74, 6) is -2.34. The fraction of sp³-hybridized carbons (Fsp3) is 0.667.